The molecule has 1 aliphatic heterocycles. The fourth-order valence-electron chi connectivity index (χ4n) is 3.16. The second-order valence-corrected chi connectivity index (χ2v) is 7.03. The summed E-state index contributed by atoms with van der Waals surface area (Å²) in [6, 6.07) is 6.59. The lowest BCUT2D eigenvalue weighted by Crippen LogP contribution is -2.49. The van der Waals surface area contributed by atoms with Crippen LogP contribution in [0.4, 0.5) is 19.0 Å². The number of nitrogens with zero attached hydrogens (tertiary/aromatic N) is 3. The predicted molar refractivity (Wildman–Crippen MR) is 98.3 cm³/mol. The Morgan fingerprint density at radius 1 is 1.11 bits per heavy atom. The third-order valence-corrected chi connectivity index (χ3v) is 4.91. The first kappa shape index (κ1) is 19.5. The zero-order chi connectivity index (χ0) is 19.8. The maximum atomic E-state index is 12.7. The third-order valence-electron chi connectivity index (χ3n) is 4.63. The number of aromatic nitrogens is 1. The van der Waals surface area contributed by atoms with Crippen LogP contribution in [0.15, 0.2) is 30.5 Å². The number of anilines is 1. The number of hydrogen-bond donors (Lipinski definition) is 0. The first-order valence-corrected chi connectivity index (χ1v) is 8.89. The minimum absolute atomic E-state index is 0.0426. The van der Waals surface area contributed by atoms with Crippen molar-refractivity contribution in [3.05, 3.63) is 57.7 Å². The molecule has 0 bridgehead atoms. The Morgan fingerprint density at radius 2 is 1.78 bits per heavy atom. The molecule has 1 fully saturated rings. The van der Waals surface area contributed by atoms with Crippen LogP contribution in [0.1, 0.15) is 27.0 Å². The fourth-order valence-corrected chi connectivity index (χ4v) is 3.45. The van der Waals surface area contributed by atoms with E-state index in [9.17, 15) is 18.0 Å². The molecule has 0 spiro atoms. The first-order chi connectivity index (χ1) is 12.7. The maximum absolute atomic E-state index is 12.7. The summed E-state index contributed by atoms with van der Waals surface area (Å²) in [5, 5.41) is -0.0426. The molecule has 0 N–H and O–H groups in total. The van der Waals surface area contributed by atoms with E-state index in [0.29, 0.717) is 37.6 Å². The van der Waals surface area contributed by atoms with Gasteiger partial charge in [0.15, 0.2) is 0 Å². The average molecular weight is 398 g/mol. The number of carbonyl (C=O) groups excluding carboxylic acids is 1. The Labute approximate surface area is 160 Å². The van der Waals surface area contributed by atoms with E-state index in [1.54, 1.807) is 9.80 Å². The van der Waals surface area contributed by atoms with Gasteiger partial charge in [0.25, 0.3) is 5.91 Å². The number of piperazine rings is 1. The van der Waals surface area contributed by atoms with E-state index in [1.807, 2.05) is 32.0 Å². The van der Waals surface area contributed by atoms with Gasteiger partial charge in [-0.15, -0.1) is 0 Å². The summed E-state index contributed by atoms with van der Waals surface area (Å²) in [6.07, 6.45) is -3.69. The van der Waals surface area contributed by atoms with Gasteiger partial charge in [0.05, 0.1) is 10.6 Å². The summed E-state index contributed by atoms with van der Waals surface area (Å²) in [7, 11) is 0. The van der Waals surface area contributed by atoms with Gasteiger partial charge in [-0.25, -0.2) is 4.98 Å². The highest BCUT2D eigenvalue weighted by molar-refractivity contribution is 6.33. The highest BCUT2D eigenvalue weighted by atomic mass is 35.5. The number of carbonyl (C=O) groups is 1. The SMILES string of the molecule is Cc1ccc(C(=O)N2CCN(c3ncc(C(F)(F)F)cc3Cl)CC2)c(C)c1. The van der Waals surface area contributed by atoms with Gasteiger partial charge < -0.3 is 9.80 Å². The molecule has 1 amide bonds. The smallest absolute Gasteiger partial charge is 0.352 e. The highest BCUT2D eigenvalue weighted by Crippen LogP contribution is 2.33. The van der Waals surface area contributed by atoms with E-state index in [-0.39, 0.29) is 10.9 Å². The number of benzene rings is 1. The van der Waals surface area contributed by atoms with E-state index in [2.05, 4.69) is 4.98 Å². The lowest BCUT2D eigenvalue weighted by Gasteiger charge is -2.36. The van der Waals surface area contributed by atoms with Crippen LogP contribution in [0.3, 0.4) is 0 Å². The van der Waals surface area contributed by atoms with E-state index >= 15 is 0 Å². The number of alkyl halides is 3. The lowest BCUT2D eigenvalue weighted by molar-refractivity contribution is -0.137. The van der Waals surface area contributed by atoms with Gasteiger partial charge in [0.1, 0.15) is 5.82 Å². The summed E-state index contributed by atoms with van der Waals surface area (Å²) >= 11 is 6.01. The third kappa shape index (κ3) is 4.18. The van der Waals surface area contributed by atoms with Crippen LogP contribution in [0, 0.1) is 13.8 Å². The summed E-state index contributed by atoms with van der Waals surface area (Å²) < 4.78 is 38.2. The van der Waals surface area contributed by atoms with Gasteiger partial charge in [-0.05, 0) is 31.5 Å². The second kappa shape index (κ2) is 7.38. The molecule has 0 radical (unpaired) electrons. The van der Waals surface area contributed by atoms with Gasteiger partial charge in [-0.1, -0.05) is 29.3 Å². The molecule has 0 saturated carbocycles. The van der Waals surface area contributed by atoms with Crippen molar-refractivity contribution in [1.82, 2.24) is 9.88 Å². The molecule has 8 heteroatoms. The van der Waals surface area contributed by atoms with Crippen LogP contribution in [-0.2, 0) is 6.18 Å². The molecule has 1 aliphatic rings. The predicted octanol–water partition coefficient (Wildman–Crippen LogP) is 4.33. The molecule has 1 aromatic heterocycles. The Morgan fingerprint density at radius 3 is 2.33 bits per heavy atom. The van der Waals surface area contributed by atoms with Crippen molar-refractivity contribution in [2.45, 2.75) is 20.0 Å². The molecule has 2 aromatic rings. The summed E-state index contributed by atoms with van der Waals surface area (Å²) in [4.78, 5) is 20.2. The molecule has 3 rings (SSSR count). The normalized spacial score (nSPS) is 15.2. The van der Waals surface area contributed by atoms with Crippen molar-refractivity contribution < 1.29 is 18.0 Å². The highest BCUT2D eigenvalue weighted by Gasteiger charge is 2.32. The zero-order valence-corrected chi connectivity index (χ0v) is 15.7. The van der Waals surface area contributed by atoms with Crippen molar-refractivity contribution in [3.8, 4) is 0 Å². The monoisotopic (exact) mass is 397 g/mol. The van der Waals surface area contributed by atoms with Gasteiger partial charge in [0, 0.05) is 37.9 Å². The molecular weight excluding hydrogens is 379 g/mol. The topological polar surface area (TPSA) is 36.4 Å². The fraction of sp³-hybridized carbons (Fsp3) is 0.368. The van der Waals surface area contributed by atoms with Crippen molar-refractivity contribution in [3.63, 3.8) is 0 Å². The first-order valence-electron chi connectivity index (χ1n) is 8.51. The summed E-state index contributed by atoms with van der Waals surface area (Å²) in [5.41, 5.74) is 1.81. The van der Waals surface area contributed by atoms with Gasteiger partial charge in [-0.3, -0.25) is 4.79 Å². The number of rotatable bonds is 2. The van der Waals surface area contributed by atoms with E-state index in [0.717, 1.165) is 23.4 Å². The van der Waals surface area contributed by atoms with Crippen molar-refractivity contribution in [2.24, 2.45) is 0 Å². The Bertz CT molecular complexity index is 862. The molecular formula is C19H19ClF3N3O. The van der Waals surface area contributed by atoms with E-state index < -0.39 is 11.7 Å². The standard InChI is InChI=1S/C19H19ClF3N3O/c1-12-3-4-15(13(2)9-12)18(27)26-7-5-25(6-8-26)17-16(20)10-14(11-24-17)19(21,22)23/h3-4,9-11H,5-8H2,1-2H3. The molecule has 1 saturated heterocycles. The van der Waals surface area contributed by atoms with Crippen LogP contribution in [0.5, 0.6) is 0 Å². The van der Waals surface area contributed by atoms with Gasteiger partial charge in [-0.2, -0.15) is 13.2 Å². The minimum Gasteiger partial charge on any atom is -0.352 e. The van der Waals surface area contributed by atoms with Crippen LogP contribution < -0.4 is 4.90 Å². The number of pyridine rings is 1. The molecule has 4 nitrogen and oxygen atoms in total. The molecule has 0 aliphatic carbocycles. The van der Waals surface area contributed by atoms with Gasteiger partial charge in [0.2, 0.25) is 0 Å². The molecule has 0 unspecified atom stereocenters. The molecule has 2 heterocycles. The molecule has 1 aromatic carbocycles. The largest absolute Gasteiger partial charge is 0.417 e. The van der Waals surface area contributed by atoms with Crippen molar-refractivity contribution in [1.29, 1.82) is 0 Å². The van der Waals surface area contributed by atoms with Crippen molar-refractivity contribution in [2.75, 3.05) is 31.1 Å². The number of aryl methyl sites for hydroxylation is 2. The van der Waals surface area contributed by atoms with E-state index in [4.69, 9.17) is 11.6 Å². The van der Waals surface area contributed by atoms with Crippen LogP contribution >= 0.6 is 11.6 Å². The number of hydrogen-bond acceptors (Lipinski definition) is 3. The average Bonchev–Trinajstić information content (AvgIpc) is 2.60. The van der Waals surface area contributed by atoms with Crippen LogP contribution in [-0.4, -0.2) is 42.0 Å². The Hall–Kier alpha value is -2.28. The van der Waals surface area contributed by atoms with Crippen LogP contribution in [0.25, 0.3) is 0 Å². The second-order valence-electron chi connectivity index (χ2n) is 6.62. The van der Waals surface area contributed by atoms with E-state index in [1.165, 1.54) is 0 Å². The molecule has 0 atom stereocenters. The summed E-state index contributed by atoms with van der Waals surface area (Å²) in [5.74, 6) is 0.266. The Balaban J connectivity index is 1.69. The lowest BCUT2D eigenvalue weighted by atomic mass is 10.0. The van der Waals surface area contributed by atoms with Gasteiger partial charge >= 0.3 is 6.18 Å². The molecule has 27 heavy (non-hydrogen) atoms. The van der Waals surface area contributed by atoms with Crippen LogP contribution in [0.2, 0.25) is 5.02 Å². The zero-order valence-electron chi connectivity index (χ0n) is 15.0. The van der Waals surface area contributed by atoms with Crippen molar-refractivity contribution >= 4 is 23.3 Å². The summed E-state index contributed by atoms with van der Waals surface area (Å²) in [6.45, 7) is 5.68. The molecule has 144 valence electrons. The number of amides is 1. The minimum atomic E-state index is -4.48. The maximum Gasteiger partial charge on any atom is 0.417 e. The number of halogens is 4. The quantitative estimate of drug-likeness (QED) is 0.756. The Kier molecular flexibility index (Phi) is 5.33.